The Bertz CT molecular complexity index is 3150. The van der Waals surface area contributed by atoms with Crippen molar-refractivity contribution in [1.29, 1.82) is 0 Å². The number of hydrogen-bond donors (Lipinski definition) is 0. The molecule has 0 spiro atoms. The van der Waals surface area contributed by atoms with E-state index in [-0.39, 0.29) is 39.2 Å². The molecule has 0 fully saturated rings. The average molecular weight is 871 g/mol. The van der Waals surface area contributed by atoms with Crippen LogP contribution in [0, 0.1) is 6.92 Å². The second kappa shape index (κ2) is 13.5. The lowest BCUT2D eigenvalue weighted by molar-refractivity contribution is 0.302. The van der Waals surface area contributed by atoms with Gasteiger partial charge in [0.1, 0.15) is 0 Å². The molecule has 0 unspecified atom stereocenters. The highest BCUT2D eigenvalue weighted by molar-refractivity contribution is 7.33. The molecule has 0 saturated heterocycles. The number of benzene rings is 6. The molecule has 65 heavy (non-hydrogen) atoms. The van der Waals surface area contributed by atoms with Crippen molar-refractivity contribution >= 4 is 78.0 Å². The fourth-order valence-corrected chi connectivity index (χ4v) is 13.2. The quantitative estimate of drug-likeness (QED) is 0.160. The van der Waals surface area contributed by atoms with E-state index in [4.69, 9.17) is 0 Å². The maximum absolute atomic E-state index is 2.71. The van der Waals surface area contributed by atoms with Crippen molar-refractivity contribution in [2.45, 2.75) is 149 Å². The van der Waals surface area contributed by atoms with Gasteiger partial charge in [-0.25, -0.2) is 0 Å². The Balaban J connectivity index is 1.31. The van der Waals surface area contributed by atoms with Crippen LogP contribution in [0.2, 0.25) is 0 Å². The molecule has 0 atom stereocenters. The van der Waals surface area contributed by atoms with Crippen LogP contribution >= 0.6 is 11.3 Å². The average Bonchev–Trinajstić information content (AvgIpc) is 3.62. The van der Waals surface area contributed by atoms with Crippen molar-refractivity contribution in [3.05, 3.63) is 148 Å². The van der Waals surface area contributed by atoms with Crippen molar-refractivity contribution in [2.24, 2.45) is 0 Å². The minimum absolute atomic E-state index is 0.00507. The van der Waals surface area contributed by atoms with Crippen molar-refractivity contribution < 1.29 is 0 Å². The summed E-state index contributed by atoms with van der Waals surface area (Å²) in [4.78, 5) is 5.41. The summed E-state index contributed by atoms with van der Waals surface area (Å²) in [6.07, 6.45) is 2.35. The second-order valence-electron chi connectivity index (χ2n) is 24.7. The van der Waals surface area contributed by atoms with Gasteiger partial charge in [-0.05, 0) is 162 Å². The summed E-state index contributed by atoms with van der Waals surface area (Å²) in [6, 6.07) is 43.9. The van der Waals surface area contributed by atoms with E-state index in [1.165, 1.54) is 123 Å². The molecule has 6 aromatic carbocycles. The molecule has 4 heterocycles. The molecule has 4 heteroatoms. The molecule has 0 radical (unpaired) electrons. The third kappa shape index (κ3) is 6.10. The van der Waals surface area contributed by atoms with Gasteiger partial charge in [-0.2, -0.15) is 0 Å². The third-order valence-corrected chi connectivity index (χ3v) is 18.2. The molecular formula is C61H67BN2S. The Labute approximate surface area is 394 Å². The van der Waals surface area contributed by atoms with E-state index < -0.39 is 0 Å². The first kappa shape index (κ1) is 42.6. The Morgan fingerprint density at radius 3 is 1.85 bits per heavy atom. The number of fused-ring (bicyclic) bond motifs is 9. The van der Waals surface area contributed by atoms with Crippen molar-refractivity contribution in [3.63, 3.8) is 0 Å². The molecule has 4 bridgehead atoms. The largest absolute Gasteiger partial charge is 0.311 e. The molecule has 3 aliphatic heterocycles. The minimum atomic E-state index is -0.153. The summed E-state index contributed by atoms with van der Waals surface area (Å²) in [6.45, 7) is 36.4. The van der Waals surface area contributed by atoms with Crippen LogP contribution in [-0.4, -0.2) is 6.71 Å². The zero-order valence-electron chi connectivity index (χ0n) is 41.7. The lowest BCUT2D eigenvalue weighted by Crippen LogP contribution is -2.61. The van der Waals surface area contributed by atoms with Crippen molar-refractivity contribution in [1.82, 2.24) is 0 Å². The summed E-state index contributed by atoms with van der Waals surface area (Å²) in [7, 11) is 0. The van der Waals surface area contributed by atoms with Gasteiger partial charge in [-0.3, -0.25) is 0 Å². The first-order chi connectivity index (χ1) is 30.4. The van der Waals surface area contributed by atoms with Crippen molar-refractivity contribution in [2.75, 3.05) is 9.80 Å². The van der Waals surface area contributed by atoms with Crippen LogP contribution in [-0.2, 0) is 32.5 Å². The molecule has 4 aliphatic rings. The van der Waals surface area contributed by atoms with Crippen LogP contribution in [0.5, 0.6) is 0 Å². The molecule has 7 aromatic rings. The molecule has 2 nitrogen and oxygen atoms in total. The fourth-order valence-electron chi connectivity index (χ4n) is 11.9. The smallest absolute Gasteiger partial charge is 0.264 e. The van der Waals surface area contributed by atoms with E-state index in [9.17, 15) is 0 Å². The third-order valence-electron chi connectivity index (χ3n) is 17.0. The second-order valence-corrected chi connectivity index (χ2v) is 25.8. The van der Waals surface area contributed by atoms with Gasteiger partial charge in [0, 0.05) is 43.2 Å². The first-order valence-corrected chi connectivity index (χ1v) is 25.1. The minimum Gasteiger partial charge on any atom is -0.311 e. The van der Waals surface area contributed by atoms with E-state index in [0.717, 1.165) is 0 Å². The number of rotatable bonds is 2. The van der Waals surface area contributed by atoms with Crippen LogP contribution in [0.4, 0.5) is 34.1 Å². The number of aryl methyl sites for hydroxylation is 1. The maximum atomic E-state index is 2.71. The van der Waals surface area contributed by atoms with E-state index in [1.54, 1.807) is 0 Å². The van der Waals surface area contributed by atoms with Crippen molar-refractivity contribution in [3.8, 4) is 11.1 Å². The molecule has 11 rings (SSSR count). The van der Waals surface area contributed by atoms with Crippen LogP contribution < -0.4 is 25.5 Å². The fraction of sp³-hybridized carbons (Fsp3) is 0.377. The zero-order chi connectivity index (χ0) is 46.1. The van der Waals surface area contributed by atoms with Crippen LogP contribution in [0.3, 0.4) is 0 Å². The number of nitrogens with zero attached hydrogens (tertiary/aromatic N) is 2. The Morgan fingerprint density at radius 1 is 0.554 bits per heavy atom. The standard InChI is InChI=1S/C61H67BN2S/c1-36-27-50-53-51(28-36)64(48-23-21-38(56(2,3)4)32-43(48)37-19-17-16-18-20-37)49-35-46-45(58(8,9)25-26-59(46,10)11)34-47(49)62(53)55-54-44-33-39(22-24-52(44)65-55)60(12,13)61(14,15)41-29-40(57(5,6)7)30-42(31-41)63(50)54/h16-24,27-35H,25-26H2,1-15H3. The summed E-state index contributed by atoms with van der Waals surface area (Å²) >= 11 is 2.03. The predicted octanol–water partition coefficient (Wildman–Crippen LogP) is 15.5. The number of thiophene rings is 1. The summed E-state index contributed by atoms with van der Waals surface area (Å²) < 4.78 is 2.82. The van der Waals surface area contributed by atoms with E-state index >= 15 is 0 Å². The molecule has 330 valence electrons. The normalized spacial score (nSPS) is 18.4. The highest BCUT2D eigenvalue weighted by Gasteiger charge is 2.49. The van der Waals surface area contributed by atoms with Gasteiger partial charge in [-0.15, -0.1) is 11.3 Å². The van der Waals surface area contributed by atoms with Crippen LogP contribution in [0.1, 0.15) is 149 Å². The van der Waals surface area contributed by atoms with Gasteiger partial charge in [0.2, 0.25) is 0 Å². The molecule has 0 amide bonds. The van der Waals surface area contributed by atoms with Gasteiger partial charge in [0.25, 0.3) is 6.71 Å². The lowest BCUT2D eigenvalue weighted by atomic mass is 9.35. The van der Waals surface area contributed by atoms with Gasteiger partial charge in [-0.1, -0.05) is 152 Å². The van der Waals surface area contributed by atoms with Crippen LogP contribution in [0.25, 0.3) is 21.2 Å². The Hall–Kier alpha value is -5.06. The SMILES string of the molecule is Cc1cc2c3c(c1)N1c4cc(C(C)(C)C)cc(c4)C(C)(C)C(C)(C)c4ccc5sc(c1c5c4)B3c1cc3c(cc1N2c1ccc(C(C)(C)C)cc1-c1ccccc1)C(C)(C)CCC3(C)C. The number of hydrogen-bond acceptors (Lipinski definition) is 3. The molecule has 0 N–H and O–H groups in total. The van der Waals surface area contributed by atoms with E-state index in [1.807, 2.05) is 11.3 Å². The highest BCUT2D eigenvalue weighted by Crippen LogP contribution is 2.55. The lowest BCUT2D eigenvalue weighted by Gasteiger charge is -2.48. The van der Waals surface area contributed by atoms with Gasteiger partial charge in [0.05, 0.1) is 11.4 Å². The monoisotopic (exact) mass is 871 g/mol. The van der Waals surface area contributed by atoms with Gasteiger partial charge in [0.15, 0.2) is 0 Å². The summed E-state index contributed by atoms with van der Waals surface area (Å²) in [5, 5.41) is 1.37. The molecule has 1 aromatic heterocycles. The summed E-state index contributed by atoms with van der Waals surface area (Å²) in [5.74, 6) is 0. The van der Waals surface area contributed by atoms with E-state index in [0.29, 0.717) is 0 Å². The van der Waals surface area contributed by atoms with Gasteiger partial charge >= 0.3 is 0 Å². The highest BCUT2D eigenvalue weighted by atomic mass is 32.1. The maximum Gasteiger partial charge on any atom is 0.264 e. The van der Waals surface area contributed by atoms with E-state index in [2.05, 4.69) is 223 Å². The molecule has 0 saturated carbocycles. The zero-order valence-corrected chi connectivity index (χ0v) is 42.5. The van der Waals surface area contributed by atoms with Crippen LogP contribution in [0.15, 0.2) is 109 Å². The molecule has 1 aliphatic carbocycles. The predicted molar refractivity (Wildman–Crippen MR) is 285 cm³/mol. The summed E-state index contributed by atoms with van der Waals surface area (Å²) in [5.41, 5.74) is 22.7. The first-order valence-electron chi connectivity index (χ1n) is 24.3. The van der Waals surface area contributed by atoms with Gasteiger partial charge < -0.3 is 9.80 Å². The Kier molecular flexibility index (Phi) is 8.86. The topological polar surface area (TPSA) is 6.48 Å². The molecular weight excluding hydrogens is 804 g/mol. The Morgan fingerprint density at radius 2 is 1.18 bits per heavy atom. The number of anilines is 6.